The summed E-state index contributed by atoms with van der Waals surface area (Å²) in [5.41, 5.74) is 2.08. The zero-order valence-electron chi connectivity index (χ0n) is 10.8. The van der Waals surface area contributed by atoms with Crippen LogP contribution in [0, 0.1) is 3.57 Å². The molecule has 0 aliphatic heterocycles. The predicted molar refractivity (Wildman–Crippen MR) is 87.3 cm³/mol. The Bertz CT molecular complexity index is 554. The van der Waals surface area contributed by atoms with Gasteiger partial charge in [0.25, 0.3) is 0 Å². The molecule has 0 aliphatic rings. The van der Waals surface area contributed by atoms with Crippen LogP contribution < -0.4 is 5.32 Å². The van der Waals surface area contributed by atoms with Crippen LogP contribution in [0.1, 0.15) is 24.8 Å². The van der Waals surface area contributed by atoms with Gasteiger partial charge in [-0.1, -0.05) is 49.4 Å². The number of carbonyl (C=O) groups is 1. The van der Waals surface area contributed by atoms with Crippen LogP contribution in [-0.4, -0.2) is 5.91 Å². The van der Waals surface area contributed by atoms with E-state index >= 15 is 0 Å². The number of rotatable bonds is 4. The van der Waals surface area contributed by atoms with Crippen molar-refractivity contribution in [3.8, 4) is 0 Å². The summed E-state index contributed by atoms with van der Waals surface area (Å²) in [6, 6.07) is 17.9. The summed E-state index contributed by atoms with van der Waals surface area (Å²) in [6.07, 6.45) is 0.495. The van der Waals surface area contributed by atoms with Gasteiger partial charge in [0.05, 0.1) is 5.69 Å². The highest BCUT2D eigenvalue weighted by Gasteiger charge is 2.11. The Morgan fingerprint density at radius 2 is 1.74 bits per heavy atom. The zero-order valence-corrected chi connectivity index (χ0v) is 12.9. The van der Waals surface area contributed by atoms with Gasteiger partial charge in [0, 0.05) is 9.99 Å². The Balaban J connectivity index is 1.97. The number of hydrogen-bond acceptors (Lipinski definition) is 1. The molecule has 98 valence electrons. The number of halogens is 1. The molecule has 0 saturated carbocycles. The maximum Gasteiger partial charge on any atom is 0.225 e. The van der Waals surface area contributed by atoms with E-state index in [1.54, 1.807) is 0 Å². The summed E-state index contributed by atoms with van der Waals surface area (Å²) in [5, 5.41) is 2.96. The van der Waals surface area contributed by atoms with Crippen LogP contribution >= 0.6 is 22.6 Å². The summed E-state index contributed by atoms with van der Waals surface area (Å²) in [4.78, 5) is 12.0. The third kappa shape index (κ3) is 4.06. The van der Waals surface area contributed by atoms with Crippen molar-refractivity contribution in [2.24, 2.45) is 0 Å². The fourth-order valence-corrected chi connectivity index (χ4v) is 2.46. The molecule has 2 aromatic rings. The van der Waals surface area contributed by atoms with Crippen molar-refractivity contribution in [3.63, 3.8) is 0 Å². The van der Waals surface area contributed by atoms with Gasteiger partial charge in [0.2, 0.25) is 5.91 Å². The van der Waals surface area contributed by atoms with Crippen LogP contribution in [0.5, 0.6) is 0 Å². The van der Waals surface area contributed by atoms with E-state index in [1.807, 2.05) is 42.5 Å². The minimum absolute atomic E-state index is 0.0560. The second-order valence-electron chi connectivity index (χ2n) is 4.54. The number of nitrogens with one attached hydrogen (secondary N) is 1. The van der Waals surface area contributed by atoms with Crippen molar-refractivity contribution in [2.45, 2.75) is 19.3 Å². The highest BCUT2D eigenvalue weighted by Crippen LogP contribution is 2.21. The van der Waals surface area contributed by atoms with Gasteiger partial charge in [-0.3, -0.25) is 4.79 Å². The third-order valence-electron chi connectivity index (χ3n) is 3.01. The number of para-hydroxylation sites is 1. The molecule has 0 bridgehead atoms. The summed E-state index contributed by atoms with van der Waals surface area (Å²) in [6.45, 7) is 2.07. The number of carbonyl (C=O) groups excluding carboxylic acids is 1. The molecule has 0 heterocycles. The molecule has 0 radical (unpaired) electrons. The summed E-state index contributed by atoms with van der Waals surface area (Å²) in [5.74, 6) is 0.281. The molecule has 0 spiro atoms. The van der Waals surface area contributed by atoms with Crippen molar-refractivity contribution >= 4 is 34.2 Å². The van der Waals surface area contributed by atoms with Crippen molar-refractivity contribution < 1.29 is 4.79 Å². The van der Waals surface area contributed by atoms with Gasteiger partial charge in [-0.15, -0.1) is 0 Å². The molecule has 0 unspecified atom stereocenters. The topological polar surface area (TPSA) is 29.1 Å². The van der Waals surface area contributed by atoms with E-state index < -0.39 is 0 Å². The molecular weight excluding hydrogens is 349 g/mol. The first-order valence-electron chi connectivity index (χ1n) is 6.26. The molecule has 2 nitrogen and oxygen atoms in total. The maximum absolute atomic E-state index is 12.0. The number of hydrogen-bond donors (Lipinski definition) is 1. The molecule has 1 amide bonds. The molecule has 3 heteroatoms. The van der Waals surface area contributed by atoms with E-state index in [2.05, 4.69) is 47.0 Å². The van der Waals surface area contributed by atoms with Crippen molar-refractivity contribution in [1.82, 2.24) is 0 Å². The summed E-state index contributed by atoms with van der Waals surface area (Å²) < 4.78 is 1.06. The lowest BCUT2D eigenvalue weighted by atomic mass is 9.97. The molecule has 2 aromatic carbocycles. The lowest BCUT2D eigenvalue weighted by Gasteiger charge is -2.12. The molecule has 2 rings (SSSR count). The Morgan fingerprint density at radius 3 is 2.42 bits per heavy atom. The Hall–Kier alpha value is -1.36. The van der Waals surface area contributed by atoms with Crippen LogP contribution in [0.3, 0.4) is 0 Å². The second kappa shape index (κ2) is 6.70. The first-order valence-corrected chi connectivity index (χ1v) is 7.34. The van der Waals surface area contributed by atoms with E-state index in [4.69, 9.17) is 0 Å². The van der Waals surface area contributed by atoms with Gasteiger partial charge in [-0.25, -0.2) is 0 Å². The SMILES string of the molecule is C[C@@H](CC(=O)Nc1ccccc1I)c1ccccc1. The van der Waals surface area contributed by atoms with E-state index in [-0.39, 0.29) is 11.8 Å². The second-order valence-corrected chi connectivity index (χ2v) is 5.71. The average molecular weight is 365 g/mol. The minimum Gasteiger partial charge on any atom is -0.325 e. The lowest BCUT2D eigenvalue weighted by molar-refractivity contribution is -0.116. The maximum atomic E-state index is 12.0. The van der Waals surface area contributed by atoms with Crippen LogP contribution in [-0.2, 0) is 4.79 Å². The Labute approximate surface area is 127 Å². The quantitative estimate of drug-likeness (QED) is 0.799. The minimum atomic E-state index is 0.0560. The fourth-order valence-electron chi connectivity index (χ4n) is 1.94. The predicted octanol–water partition coefficient (Wildman–Crippen LogP) is 4.42. The summed E-state index contributed by atoms with van der Waals surface area (Å²) in [7, 11) is 0. The highest BCUT2D eigenvalue weighted by atomic mass is 127. The molecule has 0 aliphatic carbocycles. The number of amides is 1. The monoisotopic (exact) mass is 365 g/mol. The summed E-state index contributed by atoms with van der Waals surface area (Å²) >= 11 is 2.22. The molecule has 0 aromatic heterocycles. The van der Waals surface area contributed by atoms with Crippen LogP contribution in [0.4, 0.5) is 5.69 Å². The van der Waals surface area contributed by atoms with Gasteiger partial charge in [0.15, 0.2) is 0 Å². The molecular formula is C16H16INO. The first kappa shape index (κ1) is 14.1. The molecule has 19 heavy (non-hydrogen) atoms. The van der Waals surface area contributed by atoms with Gasteiger partial charge >= 0.3 is 0 Å². The van der Waals surface area contributed by atoms with Crippen LogP contribution in [0.25, 0.3) is 0 Å². The van der Waals surface area contributed by atoms with Crippen molar-refractivity contribution in [3.05, 3.63) is 63.7 Å². The number of anilines is 1. The van der Waals surface area contributed by atoms with E-state index in [0.717, 1.165) is 9.26 Å². The van der Waals surface area contributed by atoms with Gasteiger partial charge in [0.1, 0.15) is 0 Å². The molecule has 0 fully saturated rings. The zero-order chi connectivity index (χ0) is 13.7. The van der Waals surface area contributed by atoms with Crippen molar-refractivity contribution in [2.75, 3.05) is 5.32 Å². The van der Waals surface area contributed by atoms with Gasteiger partial charge < -0.3 is 5.32 Å². The fraction of sp³-hybridized carbons (Fsp3) is 0.188. The van der Waals surface area contributed by atoms with Gasteiger partial charge in [-0.05, 0) is 46.2 Å². The smallest absolute Gasteiger partial charge is 0.225 e. The van der Waals surface area contributed by atoms with E-state index in [1.165, 1.54) is 5.56 Å². The third-order valence-corrected chi connectivity index (χ3v) is 3.95. The van der Waals surface area contributed by atoms with Crippen molar-refractivity contribution in [1.29, 1.82) is 0 Å². The van der Waals surface area contributed by atoms with E-state index in [9.17, 15) is 4.79 Å². The average Bonchev–Trinajstić information content (AvgIpc) is 2.42. The largest absolute Gasteiger partial charge is 0.325 e. The van der Waals surface area contributed by atoms with E-state index in [0.29, 0.717) is 6.42 Å². The molecule has 1 atom stereocenters. The van der Waals surface area contributed by atoms with Gasteiger partial charge in [-0.2, -0.15) is 0 Å². The van der Waals surface area contributed by atoms with Crippen LogP contribution in [0.2, 0.25) is 0 Å². The van der Waals surface area contributed by atoms with Crippen LogP contribution in [0.15, 0.2) is 54.6 Å². The highest BCUT2D eigenvalue weighted by molar-refractivity contribution is 14.1. The Kier molecular flexibility index (Phi) is 4.96. The normalized spacial score (nSPS) is 11.9. The lowest BCUT2D eigenvalue weighted by Crippen LogP contribution is -2.15. The molecule has 1 N–H and O–H groups in total. The Morgan fingerprint density at radius 1 is 1.11 bits per heavy atom. The molecule has 0 saturated heterocycles. The standard InChI is InChI=1S/C16H16INO/c1-12(13-7-3-2-4-8-13)11-16(19)18-15-10-6-5-9-14(15)17/h2-10,12H,11H2,1H3,(H,18,19)/t12-/m0/s1. The first-order chi connectivity index (χ1) is 9.16. The number of benzene rings is 2.